The highest BCUT2D eigenvalue weighted by Crippen LogP contribution is 2.21. The Hall–Kier alpha value is -1.55. The first-order valence-corrected chi connectivity index (χ1v) is 7.61. The van der Waals surface area contributed by atoms with Gasteiger partial charge in [0.2, 0.25) is 5.95 Å². The first kappa shape index (κ1) is 13.4. The molecular formula is C16H24N4. The van der Waals surface area contributed by atoms with Gasteiger partial charge >= 0.3 is 0 Å². The Balaban J connectivity index is 1.85. The number of likely N-dealkylation sites (tertiary alicyclic amines) is 1. The van der Waals surface area contributed by atoms with E-state index in [2.05, 4.69) is 46.5 Å². The van der Waals surface area contributed by atoms with E-state index in [1.807, 2.05) is 0 Å². The second kappa shape index (κ2) is 5.44. The normalized spacial score (nSPS) is 18.5. The van der Waals surface area contributed by atoms with Gasteiger partial charge in [-0.25, -0.2) is 4.98 Å². The molecule has 1 fully saturated rings. The van der Waals surface area contributed by atoms with Crippen molar-refractivity contribution in [2.75, 3.05) is 18.8 Å². The van der Waals surface area contributed by atoms with Gasteiger partial charge in [0.15, 0.2) is 0 Å². The molecule has 4 heteroatoms. The quantitative estimate of drug-likeness (QED) is 0.934. The first-order chi connectivity index (χ1) is 9.65. The summed E-state index contributed by atoms with van der Waals surface area (Å²) in [6.07, 6.45) is 4.02. The van der Waals surface area contributed by atoms with Gasteiger partial charge in [0.05, 0.1) is 11.0 Å². The van der Waals surface area contributed by atoms with Crippen molar-refractivity contribution in [1.82, 2.24) is 14.5 Å². The van der Waals surface area contributed by atoms with Crippen LogP contribution in [0.2, 0.25) is 0 Å². The number of aryl methyl sites for hydroxylation is 1. The van der Waals surface area contributed by atoms with Crippen LogP contribution >= 0.6 is 0 Å². The summed E-state index contributed by atoms with van der Waals surface area (Å²) in [5.74, 6) is 0.634. The number of nitrogens with zero attached hydrogens (tertiary/aromatic N) is 3. The maximum Gasteiger partial charge on any atom is 0.201 e. The molecule has 4 nitrogen and oxygen atoms in total. The summed E-state index contributed by atoms with van der Waals surface area (Å²) in [5, 5.41) is 0. The van der Waals surface area contributed by atoms with E-state index in [0.717, 1.165) is 17.6 Å². The number of imidazole rings is 1. The molecule has 0 saturated carbocycles. The fraction of sp³-hybridized carbons (Fsp3) is 0.562. The molecule has 1 atom stereocenters. The number of fused-ring (bicyclic) bond motifs is 1. The molecular weight excluding hydrogens is 248 g/mol. The summed E-state index contributed by atoms with van der Waals surface area (Å²) in [7, 11) is 0. The number of rotatable bonds is 3. The molecule has 3 rings (SSSR count). The molecule has 0 amide bonds. The van der Waals surface area contributed by atoms with E-state index in [-0.39, 0.29) is 0 Å². The molecule has 1 aromatic carbocycles. The molecule has 1 unspecified atom stereocenters. The number of piperidine rings is 1. The lowest BCUT2D eigenvalue weighted by atomic mass is 10.1. The lowest BCUT2D eigenvalue weighted by Crippen LogP contribution is -2.39. The first-order valence-electron chi connectivity index (χ1n) is 7.61. The lowest BCUT2D eigenvalue weighted by molar-refractivity contribution is 0.161. The fourth-order valence-corrected chi connectivity index (χ4v) is 3.18. The van der Waals surface area contributed by atoms with E-state index in [4.69, 9.17) is 5.73 Å². The van der Waals surface area contributed by atoms with Gasteiger partial charge in [-0.15, -0.1) is 0 Å². The molecule has 0 spiro atoms. The maximum atomic E-state index is 6.11. The molecule has 108 valence electrons. The van der Waals surface area contributed by atoms with Crippen LogP contribution in [0.4, 0.5) is 5.95 Å². The van der Waals surface area contributed by atoms with Crippen molar-refractivity contribution in [3.8, 4) is 0 Å². The van der Waals surface area contributed by atoms with E-state index in [1.54, 1.807) is 0 Å². The van der Waals surface area contributed by atoms with E-state index >= 15 is 0 Å². The molecule has 1 saturated heterocycles. The van der Waals surface area contributed by atoms with Crippen LogP contribution in [0.1, 0.15) is 31.7 Å². The van der Waals surface area contributed by atoms with E-state index in [9.17, 15) is 0 Å². The third-order valence-electron chi connectivity index (χ3n) is 4.39. The van der Waals surface area contributed by atoms with E-state index < -0.39 is 0 Å². The zero-order valence-electron chi connectivity index (χ0n) is 12.5. The van der Waals surface area contributed by atoms with Crippen LogP contribution in [0.25, 0.3) is 11.0 Å². The van der Waals surface area contributed by atoms with Crippen LogP contribution in [0, 0.1) is 6.92 Å². The predicted molar refractivity (Wildman–Crippen MR) is 83.8 cm³/mol. The lowest BCUT2D eigenvalue weighted by Gasteiger charge is -2.32. The fourth-order valence-electron chi connectivity index (χ4n) is 3.18. The van der Waals surface area contributed by atoms with Crippen LogP contribution in [-0.2, 0) is 6.54 Å². The van der Waals surface area contributed by atoms with Gasteiger partial charge in [-0.2, -0.15) is 0 Å². The van der Waals surface area contributed by atoms with Crippen molar-refractivity contribution in [2.24, 2.45) is 0 Å². The molecule has 20 heavy (non-hydrogen) atoms. The van der Waals surface area contributed by atoms with Crippen molar-refractivity contribution in [3.63, 3.8) is 0 Å². The number of nitrogens with two attached hydrogens (primary N) is 1. The third kappa shape index (κ3) is 2.52. The molecule has 2 N–H and O–H groups in total. The topological polar surface area (TPSA) is 47.1 Å². The highest BCUT2D eigenvalue weighted by Gasteiger charge is 2.19. The second-order valence-corrected chi connectivity index (χ2v) is 6.02. The second-order valence-electron chi connectivity index (χ2n) is 6.02. The van der Waals surface area contributed by atoms with Crippen LogP contribution in [0.5, 0.6) is 0 Å². The standard InChI is InChI=1S/C16H24N4/c1-12-6-7-14-15(10-12)20(16(17)18-14)11-13(2)19-8-4-3-5-9-19/h6-7,10,13H,3-5,8-9,11H2,1-2H3,(H2,17,18). The molecule has 2 aromatic rings. The number of nitrogen functional groups attached to an aromatic ring is 1. The van der Waals surface area contributed by atoms with Crippen LogP contribution < -0.4 is 5.73 Å². The third-order valence-corrected chi connectivity index (χ3v) is 4.39. The van der Waals surface area contributed by atoms with Gasteiger partial charge in [-0.1, -0.05) is 12.5 Å². The summed E-state index contributed by atoms with van der Waals surface area (Å²) >= 11 is 0. The number of aromatic nitrogens is 2. The van der Waals surface area contributed by atoms with E-state index in [1.165, 1.54) is 37.9 Å². The summed E-state index contributed by atoms with van der Waals surface area (Å²) in [4.78, 5) is 7.05. The zero-order chi connectivity index (χ0) is 14.1. The van der Waals surface area contributed by atoms with Gasteiger partial charge in [-0.3, -0.25) is 4.90 Å². The summed E-state index contributed by atoms with van der Waals surface area (Å²) < 4.78 is 2.17. The minimum Gasteiger partial charge on any atom is -0.369 e. The molecule has 2 heterocycles. The van der Waals surface area contributed by atoms with Gasteiger partial charge in [0, 0.05) is 12.6 Å². The number of anilines is 1. The largest absolute Gasteiger partial charge is 0.369 e. The number of hydrogen-bond donors (Lipinski definition) is 1. The Morgan fingerprint density at radius 1 is 1.25 bits per heavy atom. The van der Waals surface area contributed by atoms with Crippen LogP contribution in [-0.4, -0.2) is 33.6 Å². The minimum absolute atomic E-state index is 0.510. The van der Waals surface area contributed by atoms with Gasteiger partial charge in [-0.05, 0) is 57.5 Å². The number of benzene rings is 1. The van der Waals surface area contributed by atoms with Crippen molar-refractivity contribution < 1.29 is 0 Å². The SMILES string of the molecule is Cc1ccc2nc(N)n(CC(C)N3CCCCC3)c2c1. The highest BCUT2D eigenvalue weighted by molar-refractivity contribution is 5.79. The Bertz CT molecular complexity index is 596. The average Bonchev–Trinajstić information content (AvgIpc) is 2.76. The summed E-state index contributed by atoms with van der Waals surface area (Å²) in [6.45, 7) is 7.76. The summed E-state index contributed by atoms with van der Waals surface area (Å²) in [5.41, 5.74) is 9.53. The Kier molecular flexibility index (Phi) is 3.66. The number of hydrogen-bond acceptors (Lipinski definition) is 3. The smallest absolute Gasteiger partial charge is 0.201 e. The zero-order valence-corrected chi connectivity index (χ0v) is 12.5. The monoisotopic (exact) mass is 272 g/mol. The Morgan fingerprint density at radius 2 is 2.00 bits per heavy atom. The minimum atomic E-state index is 0.510. The van der Waals surface area contributed by atoms with Crippen LogP contribution in [0.15, 0.2) is 18.2 Å². The molecule has 1 aromatic heterocycles. The average molecular weight is 272 g/mol. The highest BCUT2D eigenvalue weighted by atomic mass is 15.2. The Labute approximate surface area is 120 Å². The van der Waals surface area contributed by atoms with E-state index in [0.29, 0.717) is 12.0 Å². The van der Waals surface area contributed by atoms with Gasteiger partial charge in [0.1, 0.15) is 0 Å². The van der Waals surface area contributed by atoms with Crippen LogP contribution in [0.3, 0.4) is 0 Å². The Morgan fingerprint density at radius 3 is 2.75 bits per heavy atom. The molecule has 0 radical (unpaired) electrons. The van der Waals surface area contributed by atoms with Gasteiger partial charge in [0.25, 0.3) is 0 Å². The summed E-state index contributed by atoms with van der Waals surface area (Å²) in [6, 6.07) is 6.84. The molecule has 1 aliphatic heterocycles. The van der Waals surface area contributed by atoms with Crippen molar-refractivity contribution in [2.45, 2.75) is 45.7 Å². The van der Waals surface area contributed by atoms with Crippen molar-refractivity contribution in [3.05, 3.63) is 23.8 Å². The predicted octanol–water partition coefficient (Wildman–Crippen LogP) is 2.80. The molecule has 1 aliphatic rings. The molecule has 0 bridgehead atoms. The van der Waals surface area contributed by atoms with Crippen molar-refractivity contribution in [1.29, 1.82) is 0 Å². The molecule has 0 aliphatic carbocycles. The van der Waals surface area contributed by atoms with Crippen molar-refractivity contribution >= 4 is 17.0 Å². The maximum absolute atomic E-state index is 6.11. The van der Waals surface area contributed by atoms with Gasteiger partial charge < -0.3 is 10.3 Å².